The Hall–Kier alpha value is -2.40. The third-order valence-electron chi connectivity index (χ3n) is 3.53. The van der Waals surface area contributed by atoms with E-state index < -0.39 is 0 Å². The highest BCUT2D eigenvalue weighted by Crippen LogP contribution is 2.22. The standard InChI is InChI=1S/C18H18N2O2S/c21-14-9-7-13(8-10-14)12-17(22)19-11-3-6-18-20-15-4-1-2-5-16(15)23-18/h1-2,4-5,7-10,21H,3,6,11-12H2,(H,19,22). The number of nitrogens with one attached hydrogen (secondary N) is 1. The Kier molecular flexibility index (Phi) is 4.88. The van der Waals surface area contributed by atoms with Gasteiger partial charge >= 0.3 is 0 Å². The van der Waals surface area contributed by atoms with Gasteiger partial charge in [-0.15, -0.1) is 11.3 Å². The van der Waals surface area contributed by atoms with Crippen LogP contribution >= 0.6 is 11.3 Å². The van der Waals surface area contributed by atoms with Crippen molar-refractivity contribution in [1.82, 2.24) is 10.3 Å². The van der Waals surface area contributed by atoms with Gasteiger partial charge in [-0.25, -0.2) is 4.98 Å². The molecule has 0 unspecified atom stereocenters. The van der Waals surface area contributed by atoms with Crippen LogP contribution in [0.2, 0.25) is 0 Å². The minimum atomic E-state index is -0.00000955. The lowest BCUT2D eigenvalue weighted by atomic mass is 10.1. The van der Waals surface area contributed by atoms with Crippen molar-refractivity contribution in [3.05, 3.63) is 59.1 Å². The van der Waals surface area contributed by atoms with Crippen LogP contribution in [0.5, 0.6) is 5.75 Å². The molecule has 3 rings (SSSR count). The zero-order valence-corrected chi connectivity index (χ0v) is 13.5. The molecule has 1 amide bonds. The topological polar surface area (TPSA) is 62.2 Å². The normalized spacial score (nSPS) is 10.8. The van der Waals surface area contributed by atoms with Gasteiger partial charge in [0.05, 0.1) is 21.6 Å². The van der Waals surface area contributed by atoms with Crippen LogP contribution in [0.25, 0.3) is 10.2 Å². The number of rotatable bonds is 6. The first-order valence-corrected chi connectivity index (χ1v) is 8.41. The Morgan fingerprint density at radius 2 is 1.91 bits per heavy atom. The van der Waals surface area contributed by atoms with Gasteiger partial charge in [-0.3, -0.25) is 4.79 Å². The molecule has 0 aliphatic rings. The van der Waals surface area contributed by atoms with Crippen molar-refractivity contribution >= 4 is 27.5 Å². The van der Waals surface area contributed by atoms with E-state index in [4.69, 9.17) is 0 Å². The predicted octanol–water partition coefficient (Wildman–Crippen LogP) is 3.29. The van der Waals surface area contributed by atoms with E-state index in [1.807, 2.05) is 18.2 Å². The first kappa shape index (κ1) is 15.5. The molecule has 0 aliphatic carbocycles. The molecular weight excluding hydrogens is 308 g/mol. The largest absolute Gasteiger partial charge is 0.508 e. The zero-order chi connectivity index (χ0) is 16.1. The Balaban J connectivity index is 1.42. The van der Waals surface area contributed by atoms with Gasteiger partial charge in [-0.2, -0.15) is 0 Å². The first-order valence-electron chi connectivity index (χ1n) is 7.60. The maximum atomic E-state index is 11.9. The Labute approximate surface area is 138 Å². The van der Waals surface area contributed by atoms with Crippen molar-refractivity contribution < 1.29 is 9.90 Å². The molecule has 0 atom stereocenters. The highest BCUT2D eigenvalue weighted by Gasteiger charge is 2.05. The maximum Gasteiger partial charge on any atom is 0.224 e. The number of aromatic nitrogens is 1. The summed E-state index contributed by atoms with van der Waals surface area (Å²) in [5.41, 5.74) is 1.94. The Morgan fingerprint density at radius 3 is 2.70 bits per heavy atom. The second kappa shape index (κ2) is 7.24. The number of carbonyl (C=O) groups is 1. The Morgan fingerprint density at radius 1 is 1.13 bits per heavy atom. The molecule has 0 saturated heterocycles. The fourth-order valence-electron chi connectivity index (χ4n) is 2.36. The first-order chi connectivity index (χ1) is 11.2. The van der Waals surface area contributed by atoms with E-state index in [1.165, 1.54) is 4.70 Å². The number of aryl methyl sites for hydroxylation is 1. The fourth-order valence-corrected chi connectivity index (χ4v) is 3.37. The molecule has 0 saturated carbocycles. The number of nitrogens with zero attached hydrogens (tertiary/aromatic N) is 1. The molecule has 5 heteroatoms. The molecule has 2 aromatic carbocycles. The van der Waals surface area contributed by atoms with Crippen molar-refractivity contribution in [2.45, 2.75) is 19.3 Å². The quantitative estimate of drug-likeness (QED) is 0.683. The smallest absolute Gasteiger partial charge is 0.224 e. The highest BCUT2D eigenvalue weighted by atomic mass is 32.1. The fraction of sp³-hybridized carbons (Fsp3) is 0.222. The number of phenols is 1. The lowest BCUT2D eigenvalue weighted by Crippen LogP contribution is -2.26. The molecule has 23 heavy (non-hydrogen) atoms. The predicted molar refractivity (Wildman–Crippen MR) is 92.8 cm³/mol. The van der Waals surface area contributed by atoms with Crippen LogP contribution in [0.4, 0.5) is 0 Å². The molecule has 0 spiro atoms. The van der Waals surface area contributed by atoms with E-state index in [1.54, 1.807) is 35.6 Å². The zero-order valence-electron chi connectivity index (χ0n) is 12.7. The summed E-state index contributed by atoms with van der Waals surface area (Å²) >= 11 is 1.71. The van der Waals surface area contributed by atoms with Crippen molar-refractivity contribution in [3.63, 3.8) is 0 Å². The van der Waals surface area contributed by atoms with Crippen molar-refractivity contribution in [3.8, 4) is 5.75 Å². The van der Waals surface area contributed by atoms with Crippen LogP contribution in [0.1, 0.15) is 17.0 Å². The van der Waals surface area contributed by atoms with Gasteiger partial charge in [0.25, 0.3) is 0 Å². The lowest BCUT2D eigenvalue weighted by molar-refractivity contribution is -0.120. The molecule has 1 aromatic heterocycles. The number of hydrogen-bond acceptors (Lipinski definition) is 4. The minimum absolute atomic E-state index is 0.00000955. The summed E-state index contributed by atoms with van der Waals surface area (Å²) < 4.78 is 1.21. The second-order valence-corrected chi connectivity index (χ2v) is 6.49. The van der Waals surface area contributed by atoms with Crippen molar-refractivity contribution in [1.29, 1.82) is 0 Å². The number of phenolic OH excluding ortho intramolecular Hbond substituents is 1. The van der Waals surface area contributed by atoms with Crippen LogP contribution in [0.15, 0.2) is 48.5 Å². The number of benzene rings is 2. The van der Waals surface area contributed by atoms with Crippen LogP contribution in [0.3, 0.4) is 0 Å². The summed E-state index contributed by atoms with van der Waals surface area (Å²) in [7, 11) is 0. The lowest BCUT2D eigenvalue weighted by Gasteiger charge is -2.04. The van der Waals surface area contributed by atoms with Gasteiger partial charge in [0.2, 0.25) is 5.91 Å². The summed E-state index contributed by atoms with van der Waals surface area (Å²) in [5.74, 6) is 0.213. The SMILES string of the molecule is O=C(Cc1ccc(O)cc1)NCCCc1nc2ccccc2s1. The van der Waals surface area contributed by atoms with E-state index in [0.717, 1.165) is 28.9 Å². The minimum Gasteiger partial charge on any atom is -0.508 e. The van der Waals surface area contributed by atoms with Gasteiger partial charge in [0.15, 0.2) is 0 Å². The van der Waals surface area contributed by atoms with Gasteiger partial charge < -0.3 is 10.4 Å². The molecule has 3 aromatic rings. The van der Waals surface area contributed by atoms with Gasteiger partial charge in [-0.1, -0.05) is 24.3 Å². The molecular formula is C18H18N2O2S. The van der Waals surface area contributed by atoms with E-state index in [9.17, 15) is 9.90 Å². The number of para-hydroxylation sites is 1. The number of thiazole rings is 1. The monoisotopic (exact) mass is 326 g/mol. The van der Waals surface area contributed by atoms with E-state index in [0.29, 0.717) is 13.0 Å². The highest BCUT2D eigenvalue weighted by molar-refractivity contribution is 7.18. The number of amides is 1. The Bertz CT molecular complexity index is 763. The van der Waals surface area contributed by atoms with Crippen molar-refractivity contribution in [2.24, 2.45) is 0 Å². The molecule has 1 heterocycles. The maximum absolute atomic E-state index is 11.9. The molecule has 4 nitrogen and oxygen atoms in total. The molecule has 0 fully saturated rings. The number of hydrogen-bond donors (Lipinski definition) is 2. The van der Waals surface area contributed by atoms with Crippen LogP contribution in [-0.2, 0) is 17.6 Å². The van der Waals surface area contributed by atoms with E-state index in [2.05, 4.69) is 16.4 Å². The van der Waals surface area contributed by atoms with Gasteiger partial charge in [0, 0.05) is 13.0 Å². The van der Waals surface area contributed by atoms with E-state index in [-0.39, 0.29) is 11.7 Å². The molecule has 0 bridgehead atoms. The average molecular weight is 326 g/mol. The number of carbonyl (C=O) groups excluding carboxylic acids is 1. The summed E-state index contributed by atoms with van der Waals surface area (Å²) in [5, 5.41) is 13.3. The van der Waals surface area contributed by atoms with Crippen LogP contribution in [-0.4, -0.2) is 22.5 Å². The molecule has 118 valence electrons. The molecule has 2 N–H and O–H groups in total. The van der Waals surface area contributed by atoms with Crippen LogP contribution in [0, 0.1) is 0 Å². The average Bonchev–Trinajstić information content (AvgIpc) is 2.96. The summed E-state index contributed by atoms with van der Waals surface area (Å²) in [6, 6.07) is 14.8. The van der Waals surface area contributed by atoms with Gasteiger partial charge in [0.1, 0.15) is 5.75 Å². The van der Waals surface area contributed by atoms with Crippen molar-refractivity contribution in [2.75, 3.05) is 6.54 Å². The third kappa shape index (κ3) is 4.29. The summed E-state index contributed by atoms with van der Waals surface area (Å²) in [4.78, 5) is 16.5. The second-order valence-electron chi connectivity index (χ2n) is 5.37. The van der Waals surface area contributed by atoms with E-state index >= 15 is 0 Å². The molecule has 0 radical (unpaired) electrons. The molecule has 0 aliphatic heterocycles. The van der Waals surface area contributed by atoms with Crippen LogP contribution < -0.4 is 5.32 Å². The summed E-state index contributed by atoms with van der Waals surface area (Å²) in [6.45, 7) is 0.646. The number of fused-ring (bicyclic) bond motifs is 1. The summed E-state index contributed by atoms with van der Waals surface area (Å²) in [6.07, 6.45) is 2.08. The number of aromatic hydroxyl groups is 1. The van der Waals surface area contributed by atoms with Gasteiger partial charge in [-0.05, 0) is 36.2 Å². The third-order valence-corrected chi connectivity index (χ3v) is 4.62.